The lowest BCUT2D eigenvalue weighted by molar-refractivity contribution is -0.322. The summed E-state index contributed by atoms with van der Waals surface area (Å²) in [5.74, 6) is 0. The lowest BCUT2D eigenvalue weighted by Gasteiger charge is -2.39. The van der Waals surface area contributed by atoms with E-state index in [4.69, 9.17) is 9.47 Å². The molecule has 1 N–H and O–H groups in total. The molecule has 1 fully saturated rings. The quantitative estimate of drug-likeness (QED) is 0.753. The normalized spacial score (nSPS) is 30.5. The van der Waals surface area contributed by atoms with Gasteiger partial charge in [0.2, 0.25) is 0 Å². The lowest BCUT2D eigenvalue weighted by Crippen LogP contribution is -2.44. The average molecular weight is 244 g/mol. The van der Waals surface area contributed by atoms with Crippen LogP contribution in [0.5, 0.6) is 0 Å². The first-order chi connectivity index (χ1) is 7.93. The number of ether oxygens (including phenoxy) is 2. The molecule has 3 nitrogen and oxygen atoms in total. The molecule has 1 aliphatic heterocycles. The third kappa shape index (κ3) is 5.36. The first-order valence-corrected chi connectivity index (χ1v) is 6.92. The summed E-state index contributed by atoms with van der Waals surface area (Å²) in [7, 11) is 0. The van der Waals surface area contributed by atoms with Crippen LogP contribution >= 0.6 is 0 Å². The summed E-state index contributed by atoms with van der Waals surface area (Å²) in [6, 6.07) is 0. The van der Waals surface area contributed by atoms with E-state index in [0.717, 1.165) is 6.42 Å². The van der Waals surface area contributed by atoms with Crippen molar-refractivity contribution in [2.75, 3.05) is 0 Å². The van der Waals surface area contributed by atoms with Crippen LogP contribution in [0.1, 0.15) is 66.2 Å². The highest BCUT2D eigenvalue weighted by Crippen LogP contribution is 2.31. The minimum Gasteiger partial charge on any atom is -0.368 e. The zero-order valence-electron chi connectivity index (χ0n) is 11.7. The summed E-state index contributed by atoms with van der Waals surface area (Å²) in [5, 5.41) is 9.71. The second-order valence-corrected chi connectivity index (χ2v) is 6.13. The van der Waals surface area contributed by atoms with E-state index in [2.05, 4.69) is 27.7 Å². The molecule has 1 aliphatic rings. The van der Waals surface area contributed by atoms with Crippen LogP contribution in [0, 0.1) is 5.41 Å². The SMILES string of the molecule is CCCCCC[C@H]1C[C@@H](O)O[C@@H](C(C)(C)C)O1. The molecule has 0 aromatic carbocycles. The molecule has 3 atom stereocenters. The van der Waals surface area contributed by atoms with Gasteiger partial charge < -0.3 is 14.6 Å². The fourth-order valence-corrected chi connectivity index (χ4v) is 2.08. The third-order valence-electron chi connectivity index (χ3n) is 3.15. The summed E-state index contributed by atoms with van der Waals surface area (Å²) in [4.78, 5) is 0. The topological polar surface area (TPSA) is 38.7 Å². The van der Waals surface area contributed by atoms with Crippen molar-refractivity contribution < 1.29 is 14.6 Å². The highest BCUT2D eigenvalue weighted by Gasteiger charge is 2.35. The average Bonchev–Trinajstić information content (AvgIpc) is 2.22. The van der Waals surface area contributed by atoms with E-state index in [1.807, 2.05) is 0 Å². The number of aliphatic hydroxyl groups excluding tert-OH is 1. The van der Waals surface area contributed by atoms with Crippen molar-refractivity contribution in [1.29, 1.82) is 0 Å². The minimum atomic E-state index is -0.663. The van der Waals surface area contributed by atoms with Gasteiger partial charge in [-0.1, -0.05) is 53.4 Å². The zero-order valence-corrected chi connectivity index (χ0v) is 11.7. The van der Waals surface area contributed by atoms with Gasteiger partial charge in [0, 0.05) is 11.8 Å². The molecule has 0 spiro atoms. The largest absolute Gasteiger partial charge is 0.368 e. The fraction of sp³-hybridized carbons (Fsp3) is 1.00. The van der Waals surface area contributed by atoms with Gasteiger partial charge in [0.25, 0.3) is 0 Å². The molecule has 0 radical (unpaired) electrons. The van der Waals surface area contributed by atoms with Crippen LogP contribution in [-0.4, -0.2) is 23.8 Å². The predicted octanol–water partition coefficient (Wildman–Crippen LogP) is 3.45. The monoisotopic (exact) mass is 244 g/mol. The van der Waals surface area contributed by atoms with Crippen molar-refractivity contribution in [3.05, 3.63) is 0 Å². The summed E-state index contributed by atoms with van der Waals surface area (Å²) in [6.45, 7) is 8.43. The molecule has 1 heterocycles. The van der Waals surface area contributed by atoms with Crippen LogP contribution < -0.4 is 0 Å². The molecule has 0 unspecified atom stereocenters. The Morgan fingerprint density at radius 1 is 1.12 bits per heavy atom. The Bertz CT molecular complexity index is 210. The summed E-state index contributed by atoms with van der Waals surface area (Å²) < 4.78 is 11.4. The molecule has 0 saturated carbocycles. The summed E-state index contributed by atoms with van der Waals surface area (Å²) in [5.41, 5.74) is -0.0803. The van der Waals surface area contributed by atoms with Crippen molar-refractivity contribution >= 4 is 0 Å². The first kappa shape index (κ1) is 14.9. The van der Waals surface area contributed by atoms with Gasteiger partial charge in [0.15, 0.2) is 12.6 Å². The Balaban J connectivity index is 2.35. The second kappa shape index (κ2) is 6.72. The number of hydrogen-bond acceptors (Lipinski definition) is 3. The Kier molecular flexibility index (Phi) is 5.90. The number of rotatable bonds is 5. The molecule has 17 heavy (non-hydrogen) atoms. The van der Waals surface area contributed by atoms with E-state index in [0.29, 0.717) is 6.42 Å². The van der Waals surface area contributed by atoms with Crippen LogP contribution in [0.15, 0.2) is 0 Å². The lowest BCUT2D eigenvalue weighted by atomic mass is 9.94. The second-order valence-electron chi connectivity index (χ2n) is 6.13. The highest BCUT2D eigenvalue weighted by atomic mass is 16.7. The van der Waals surface area contributed by atoms with Gasteiger partial charge in [-0.25, -0.2) is 0 Å². The Morgan fingerprint density at radius 2 is 1.82 bits per heavy atom. The maximum Gasteiger partial charge on any atom is 0.165 e. The van der Waals surface area contributed by atoms with Gasteiger partial charge in [-0.3, -0.25) is 0 Å². The van der Waals surface area contributed by atoms with Gasteiger partial charge in [-0.05, 0) is 6.42 Å². The molecule has 0 bridgehead atoms. The van der Waals surface area contributed by atoms with Crippen LogP contribution in [0.25, 0.3) is 0 Å². The smallest absolute Gasteiger partial charge is 0.165 e. The van der Waals surface area contributed by atoms with E-state index < -0.39 is 6.29 Å². The molecular weight excluding hydrogens is 216 g/mol. The van der Waals surface area contributed by atoms with E-state index in [1.165, 1.54) is 25.7 Å². The van der Waals surface area contributed by atoms with E-state index in [1.54, 1.807) is 0 Å². The Labute approximate surface area is 105 Å². The van der Waals surface area contributed by atoms with Crippen molar-refractivity contribution in [2.24, 2.45) is 5.41 Å². The first-order valence-electron chi connectivity index (χ1n) is 6.92. The summed E-state index contributed by atoms with van der Waals surface area (Å²) in [6.07, 6.45) is 5.82. The van der Waals surface area contributed by atoms with Crippen LogP contribution in [0.4, 0.5) is 0 Å². The standard InChI is InChI=1S/C14H28O3/c1-5-6-7-8-9-11-10-12(15)17-13(16-11)14(2,3)4/h11-13,15H,5-10H2,1-4H3/t11-,12-,13-/m0/s1. The molecule has 1 saturated heterocycles. The zero-order chi connectivity index (χ0) is 12.9. The number of aliphatic hydroxyl groups is 1. The number of hydrogen-bond donors (Lipinski definition) is 1. The molecule has 0 amide bonds. The van der Waals surface area contributed by atoms with E-state index in [9.17, 15) is 5.11 Å². The molecular formula is C14H28O3. The van der Waals surface area contributed by atoms with Gasteiger partial charge in [-0.15, -0.1) is 0 Å². The maximum absolute atomic E-state index is 9.71. The highest BCUT2D eigenvalue weighted by molar-refractivity contribution is 4.74. The fourth-order valence-electron chi connectivity index (χ4n) is 2.08. The van der Waals surface area contributed by atoms with Gasteiger partial charge >= 0.3 is 0 Å². The van der Waals surface area contributed by atoms with Gasteiger partial charge in [0.1, 0.15) is 0 Å². The van der Waals surface area contributed by atoms with Crippen molar-refractivity contribution in [3.63, 3.8) is 0 Å². The Hall–Kier alpha value is -0.120. The predicted molar refractivity (Wildman–Crippen MR) is 68.6 cm³/mol. The van der Waals surface area contributed by atoms with E-state index >= 15 is 0 Å². The Morgan fingerprint density at radius 3 is 2.41 bits per heavy atom. The van der Waals surface area contributed by atoms with Crippen molar-refractivity contribution in [3.8, 4) is 0 Å². The minimum absolute atomic E-state index is 0.0803. The summed E-state index contributed by atoms with van der Waals surface area (Å²) >= 11 is 0. The maximum atomic E-state index is 9.71. The van der Waals surface area contributed by atoms with Crippen molar-refractivity contribution in [1.82, 2.24) is 0 Å². The third-order valence-corrected chi connectivity index (χ3v) is 3.15. The van der Waals surface area contributed by atoms with E-state index in [-0.39, 0.29) is 17.8 Å². The van der Waals surface area contributed by atoms with Gasteiger partial charge in [-0.2, -0.15) is 0 Å². The molecule has 1 rings (SSSR count). The number of unbranched alkanes of at least 4 members (excludes halogenated alkanes) is 3. The van der Waals surface area contributed by atoms with Crippen LogP contribution in [0.2, 0.25) is 0 Å². The van der Waals surface area contributed by atoms with Crippen LogP contribution in [-0.2, 0) is 9.47 Å². The molecule has 3 heteroatoms. The van der Waals surface area contributed by atoms with Crippen LogP contribution in [0.3, 0.4) is 0 Å². The molecule has 102 valence electrons. The molecule has 0 aromatic heterocycles. The molecule has 0 aromatic rings. The van der Waals surface area contributed by atoms with Crippen molar-refractivity contribution in [2.45, 2.75) is 84.9 Å². The molecule has 0 aliphatic carbocycles. The van der Waals surface area contributed by atoms with Gasteiger partial charge in [0.05, 0.1) is 6.10 Å².